The molecule has 3 aliphatic rings. The van der Waals surface area contributed by atoms with Gasteiger partial charge in [-0.15, -0.1) is 0 Å². The SMILES string of the molecule is COc1cc(C=Nc2ccc(N=C3C(=O)N(CN4CCN(c5cc6c(cc5F)c(=O)c(C(=O)O)cn6C5CC5)CC4)c4ccc(F)cc43)cc2)ccc1O. The lowest BCUT2D eigenvalue weighted by molar-refractivity contribution is -0.112. The molecule has 0 unspecified atom stereocenters. The quantitative estimate of drug-likeness (QED) is 0.175. The molecule has 1 aromatic heterocycles. The van der Waals surface area contributed by atoms with Crippen molar-refractivity contribution in [3.63, 3.8) is 0 Å². The van der Waals surface area contributed by atoms with Gasteiger partial charge in [0.15, 0.2) is 11.5 Å². The van der Waals surface area contributed by atoms with E-state index in [1.54, 1.807) is 64.2 Å². The lowest BCUT2D eigenvalue weighted by Crippen LogP contribution is -2.51. The van der Waals surface area contributed by atoms with Gasteiger partial charge >= 0.3 is 5.97 Å². The number of hydrogen-bond acceptors (Lipinski definition) is 9. The molecule has 54 heavy (non-hydrogen) atoms. The van der Waals surface area contributed by atoms with E-state index >= 15 is 4.39 Å². The number of hydrogen-bond donors (Lipinski definition) is 2. The summed E-state index contributed by atoms with van der Waals surface area (Å²) < 4.78 is 37.0. The number of rotatable bonds is 9. The molecule has 1 aliphatic carbocycles. The van der Waals surface area contributed by atoms with Gasteiger partial charge in [-0.2, -0.15) is 0 Å². The molecule has 2 aliphatic heterocycles. The number of benzene rings is 4. The molecule has 2 N–H and O–H groups in total. The largest absolute Gasteiger partial charge is 0.504 e. The summed E-state index contributed by atoms with van der Waals surface area (Å²) in [6, 6.07) is 18.8. The second-order valence-electron chi connectivity index (χ2n) is 13.4. The van der Waals surface area contributed by atoms with Crippen LogP contribution in [-0.2, 0) is 4.79 Å². The van der Waals surface area contributed by atoms with Crippen molar-refractivity contribution in [3.05, 3.63) is 118 Å². The number of carbonyl (C=O) groups is 2. The van der Waals surface area contributed by atoms with E-state index in [9.17, 15) is 29.0 Å². The summed E-state index contributed by atoms with van der Waals surface area (Å²) >= 11 is 0. The van der Waals surface area contributed by atoms with Gasteiger partial charge < -0.3 is 24.4 Å². The number of halogens is 2. The number of amides is 1. The highest BCUT2D eigenvalue weighted by Crippen LogP contribution is 2.38. The van der Waals surface area contributed by atoms with E-state index in [2.05, 4.69) is 14.9 Å². The van der Waals surface area contributed by atoms with Gasteiger partial charge in [-0.25, -0.2) is 18.6 Å². The Morgan fingerprint density at radius 3 is 2.37 bits per heavy atom. The molecule has 2 fully saturated rings. The Morgan fingerprint density at radius 1 is 0.926 bits per heavy atom. The van der Waals surface area contributed by atoms with Crippen molar-refractivity contribution >= 4 is 57.5 Å². The molecule has 0 radical (unpaired) electrons. The number of aromatic hydroxyl groups is 1. The van der Waals surface area contributed by atoms with Crippen molar-refractivity contribution in [3.8, 4) is 11.5 Å². The lowest BCUT2D eigenvalue weighted by atomic mass is 10.1. The van der Waals surface area contributed by atoms with Crippen LogP contribution >= 0.6 is 0 Å². The molecule has 14 heteroatoms. The predicted octanol–water partition coefficient (Wildman–Crippen LogP) is 6.02. The number of aromatic carboxylic acids is 1. The van der Waals surface area contributed by atoms with E-state index in [1.807, 2.05) is 4.90 Å². The number of carbonyl (C=O) groups excluding carboxylic acids is 1. The second kappa shape index (κ2) is 13.9. The molecular weight excluding hydrogens is 698 g/mol. The maximum absolute atomic E-state index is 15.6. The van der Waals surface area contributed by atoms with Crippen molar-refractivity contribution in [1.29, 1.82) is 0 Å². The number of phenolic OH excluding ortho intramolecular Hbond substituents is 1. The van der Waals surface area contributed by atoms with E-state index in [0.29, 0.717) is 65.8 Å². The molecule has 1 saturated carbocycles. The maximum atomic E-state index is 15.6. The van der Waals surface area contributed by atoms with Crippen LogP contribution in [0.2, 0.25) is 0 Å². The number of aromatic nitrogens is 1. The Labute approximate surface area is 307 Å². The molecule has 0 bridgehead atoms. The minimum Gasteiger partial charge on any atom is -0.504 e. The molecule has 8 rings (SSSR count). The van der Waals surface area contributed by atoms with Gasteiger partial charge in [0.25, 0.3) is 5.91 Å². The maximum Gasteiger partial charge on any atom is 0.341 e. The predicted molar refractivity (Wildman–Crippen MR) is 200 cm³/mol. The van der Waals surface area contributed by atoms with Crippen molar-refractivity contribution < 1.29 is 33.3 Å². The van der Waals surface area contributed by atoms with Crippen LogP contribution in [0.5, 0.6) is 11.5 Å². The summed E-state index contributed by atoms with van der Waals surface area (Å²) in [7, 11) is 1.47. The number of piperazine rings is 1. The van der Waals surface area contributed by atoms with Crippen molar-refractivity contribution in [2.45, 2.75) is 18.9 Å². The van der Waals surface area contributed by atoms with Gasteiger partial charge in [0.1, 0.15) is 22.9 Å². The monoisotopic (exact) mass is 732 g/mol. The third-order valence-electron chi connectivity index (χ3n) is 9.94. The minimum absolute atomic E-state index is 0.0275. The van der Waals surface area contributed by atoms with E-state index in [0.717, 1.165) is 24.5 Å². The Morgan fingerprint density at radius 2 is 1.67 bits per heavy atom. The second-order valence-corrected chi connectivity index (χ2v) is 13.4. The Balaban J connectivity index is 0.979. The number of pyridine rings is 1. The lowest BCUT2D eigenvalue weighted by Gasteiger charge is -2.38. The van der Waals surface area contributed by atoms with Crippen molar-refractivity contribution in [2.75, 3.05) is 49.8 Å². The third kappa shape index (κ3) is 6.56. The van der Waals surface area contributed by atoms with Crippen molar-refractivity contribution in [2.24, 2.45) is 9.98 Å². The summed E-state index contributed by atoms with van der Waals surface area (Å²) in [6.45, 7) is 2.03. The third-order valence-corrected chi connectivity index (χ3v) is 9.94. The first-order valence-electron chi connectivity index (χ1n) is 17.4. The molecular formula is C40H34F2N6O6. The molecule has 0 spiro atoms. The van der Waals surface area contributed by atoms with Crippen LogP contribution < -0.4 is 20.0 Å². The average molecular weight is 733 g/mol. The summed E-state index contributed by atoms with van der Waals surface area (Å²) in [4.78, 5) is 53.1. The van der Waals surface area contributed by atoms with Gasteiger partial charge in [0, 0.05) is 55.6 Å². The van der Waals surface area contributed by atoms with Crippen molar-refractivity contribution in [1.82, 2.24) is 9.47 Å². The van der Waals surface area contributed by atoms with Crippen LogP contribution in [-0.4, -0.2) is 83.4 Å². The van der Waals surface area contributed by atoms with Gasteiger partial charge in [-0.3, -0.25) is 24.4 Å². The Hall–Kier alpha value is -6.41. The number of nitrogens with zero attached hydrogens (tertiary/aromatic N) is 6. The minimum atomic E-state index is -1.34. The van der Waals surface area contributed by atoms with Crippen LogP contribution in [0.3, 0.4) is 0 Å². The summed E-state index contributed by atoms with van der Waals surface area (Å²) in [5.74, 6) is -2.46. The van der Waals surface area contributed by atoms with Crippen LogP contribution in [0, 0.1) is 11.6 Å². The Kier molecular flexibility index (Phi) is 8.90. The number of ether oxygens (including phenoxy) is 1. The smallest absolute Gasteiger partial charge is 0.341 e. The highest BCUT2D eigenvalue weighted by Gasteiger charge is 2.36. The van der Waals surface area contributed by atoms with E-state index in [4.69, 9.17) is 4.74 Å². The van der Waals surface area contributed by atoms with Gasteiger partial charge in [0.05, 0.1) is 42.0 Å². The number of phenols is 1. The fourth-order valence-corrected chi connectivity index (χ4v) is 6.94. The topological polar surface area (TPSA) is 140 Å². The first kappa shape index (κ1) is 34.7. The fourth-order valence-electron chi connectivity index (χ4n) is 6.94. The molecule has 0 atom stereocenters. The molecule has 1 saturated heterocycles. The molecule has 274 valence electrons. The molecule has 12 nitrogen and oxygen atoms in total. The van der Waals surface area contributed by atoms with Gasteiger partial charge in [-0.05, 0) is 91.2 Å². The summed E-state index contributed by atoms with van der Waals surface area (Å²) in [5.41, 5.74) is 2.61. The van der Waals surface area contributed by atoms with E-state index in [1.165, 1.54) is 31.5 Å². The van der Waals surface area contributed by atoms with Crippen LogP contribution in [0.15, 0.2) is 93.8 Å². The van der Waals surface area contributed by atoms with E-state index in [-0.39, 0.29) is 41.0 Å². The van der Waals surface area contributed by atoms with Crippen LogP contribution in [0.4, 0.5) is 31.5 Å². The zero-order chi connectivity index (χ0) is 37.7. The van der Waals surface area contributed by atoms with E-state index < -0.39 is 23.0 Å². The number of anilines is 2. The molecule has 4 aromatic carbocycles. The number of fused-ring (bicyclic) bond motifs is 2. The highest BCUT2D eigenvalue weighted by molar-refractivity contribution is 6.54. The average Bonchev–Trinajstić information content (AvgIpc) is 3.99. The standard InChI is InChI=1S/C40H34F2N6O6/c1-54-36-16-23(2-11-35(36)49)20-43-25-4-6-26(7-5-25)44-37-28-17-24(41)3-10-32(28)48(39(37)51)22-45-12-14-46(15-13-45)34-19-33-29(18-31(34)42)38(50)30(40(52)53)21-47(33)27-8-9-27/h2-7,10-11,16-21,27,49H,8-9,12-15,22H2,1H3,(H,52,53). The fraction of sp³-hybridized carbons (Fsp3) is 0.225. The normalized spacial score (nSPS) is 16.9. The molecule has 1 amide bonds. The zero-order valence-electron chi connectivity index (χ0n) is 29.1. The number of methoxy groups -OCH3 is 1. The van der Waals surface area contributed by atoms with Gasteiger partial charge in [0.2, 0.25) is 5.43 Å². The molecule has 5 aromatic rings. The number of aliphatic imine (C=N–C) groups is 2. The highest BCUT2D eigenvalue weighted by atomic mass is 19.1. The summed E-state index contributed by atoms with van der Waals surface area (Å²) in [5, 5.41) is 19.4. The molecule has 3 heterocycles. The Bertz CT molecular complexity index is 2450. The first-order valence-corrected chi connectivity index (χ1v) is 17.4. The number of carboxylic acids is 1. The summed E-state index contributed by atoms with van der Waals surface area (Å²) in [6.07, 6.45) is 4.69. The van der Waals surface area contributed by atoms with Gasteiger partial charge in [-0.1, -0.05) is 0 Å². The number of carboxylic acid groups (broad SMARTS) is 1. The van der Waals surface area contributed by atoms with Crippen LogP contribution in [0.1, 0.15) is 40.4 Å². The zero-order valence-corrected chi connectivity index (χ0v) is 29.1. The first-order chi connectivity index (χ1) is 26.1. The van der Waals surface area contributed by atoms with Crippen LogP contribution in [0.25, 0.3) is 10.9 Å².